The van der Waals surface area contributed by atoms with E-state index in [0.717, 1.165) is 17.1 Å². The maximum absolute atomic E-state index is 5.60. The van der Waals surface area contributed by atoms with Gasteiger partial charge in [0.1, 0.15) is 11.5 Å². The lowest BCUT2D eigenvalue weighted by atomic mass is 10.2. The Bertz CT molecular complexity index is 389. The van der Waals surface area contributed by atoms with Gasteiger partial charge in [-0.05, 0) is 42.8 Å². The minimum Gasteiger partial charge on any atom is -0.457 e. The summed E-state index contributed by atoms with van der Waals surface area (Å²) in [5.74, 6) is 1.67. The summed E-state index contributed by atoms with van der Waals surface area (Å²) in [7, 11) is 0. The van der Waals surface area contributed by atoms with Gasteiger partial charge in [0.2, 0.25) is 0 Å². The van der Waals surface area contributed by atoms with Crippen LogP contribution < -0.4 is 4.74 Å². The van der Waals surface area contributed by atoms with Gasteiger partial charge in [0.25, 0.3) is 0 Å². The maximum atomic E-state index is 5.60. The van der Waals surface area contributed by atoms with Crippen LogP contribution in [0.25, 0.3) is 0 Å². The fourth-order valence-electron chi connectivity index (χ4n) is 1.18. The Morgan fingerprint density at radius 3 is 2.36 bits per heavy atom. The zero-order valence-electron chi connectivity index (χ0n) is 8.03. The summed E-state index contributed by atoms with van der Waals surface area (Å²) in [5.41, 5.74) is 1.12. The van der Waals surface area contributed by atoms with Crippen molar-refractivity contribution in [3.8, 4) is 11.5 Å². The van der Waals surface area contributed by atoms with Crippen LogP contribution in [0.2, 0.25) is 0 Å². The quantitative estimate of drug-likeness (QED) is 0.691. The largest absolute Gasteiger partial charge is 0.457 e. The van der Waals surface area contributed by atoms with Gasteiger partial charge >= 0.3 is 0 Å². The van der Waals surface area contributed by atoms with Crippen LogP contribution in [-0.2, 0) is 0 Å². The molecular weight excluding hydrogens is 172 g/mol. The van der Waals surface area contributed by atoms with Crippen LogP contribution in [0.3, 0.4) is 0 Å². The lowest BCUT2D eigenvalue weighted by molar-refractivity contribution is 0.482. The molecule has 1 nitrogen and oxygen atoms in total. The van der Waals surface area contributed by atoms with Crippen LogP contribution in [0.15, 0.2) is 48.5 Å². The normalized spacial score (nSPS) is 9.79. The van der Waals surface area contributed by atoms with Crippen molar-refractivity contribution in [1.82, 2.24) is 0 Å². The summed E-state index contributed by atoms with van der Waals surface area (Å²) in [6, 6.07) is 18.6. The lowest BCUT2D eigenvalue weighted by Gasteiger charge is -2.04. The molecule has 0 bridgehead atoms. The Kier molecular flexibility index (Phi) is 2.50. The third-order valence-electron chi connectivity index (χ3n) is 1.92. The highest BCUT2D eigenvalue weighted by Gasteiger charge is 1.94. The molecule has 0 N–H and O–H groups in total. The summed E-state index contributed by atoms with van der Waals surface area (Å²) >= 11 is 0. The van der Waals surface area contributed by atoms with E-state index >= 15 is 0 Å². The van der Waals surface area contributed by atoms with Gasteiger partial charge in [-0.3, -0.25) is 0 Å². The number of rotatable bonds is 2. The minimum absolute atomic E-state index is 0.821. The second-order valence-electron chi connectivity index (χ2n) is 3.12. The molecule has 0 aliphatic heterocycles. The zero-order chi connectivity index (χ0) is 9.80. The lowest BCUT2D eigenvalue weighted by Crippen LogP contribution is -1.83. The summed E-state index contributed by atoms with van der Waals surface area (Å²) in [5, 5.41) is 0. The summed E-state index contributed by atoms with van der Waals surface area (Å²) in [6.45, 7) is 2.01. The molecule has 0 unspecified atom stereocenters. The predicted octanol–water partition coefficient (Wildman–Crippen LogP) is 3.59. The third kappa shape index (κ3) is 2.13. The molecule has 0 fully saturated rings. The molecule has 0 aliphatic rings. The molecule has 2 aromatic rings. The van der Waals surface area contributed by atoms with E-state index < -0.39 is 0 Å². The molecule has 0 saturated carbocycles. The first-order valence-electron chi connectivity index (χ1n) is 4.56. The number of para-hydroxylation sites is 1. The Morgan fingerprint density at radius 1 is 0.929 bits per heavy atom. The topological polar surface area (TPSA) is 9.23 Å². The van der Waals surface area contributed by atoms with Crippen molar-refractivity contribution in [2.45, 2.75) is 6.92 Å². The van der Waals surface area contributed by atoms with Crippen molar-refractivity contribution in [2.75, 3.05) is 0 Å². The van der Waals surface area contributed by atoms with Gasteiger partial charge in [0.15, 0.2) is 0 Å². The highest BCUT2D eigenvalue weighted by Crippen LogP contribution is 2.20. The van der Waals surface area contributed by atoms with E-state index in [1.807, 2.05) is 55.5 Å². The van der Waals surface area contributed by atoms with Crippen LogP contribution in [0.1, 0.15) is 5.56 Å². The highest BCUT2D eigenvalue weighted by atomic mass is 16.5. The Balaban J connectivity index is 2.16. The van der Waals surface area contributed by atoms with Crippen molar-refractivity contribution in [1.29, 1.82) is 0 Å². The van der Waals surface area contributed by atoms with Crippen molar-refractivity contribution in [2.24, 2.45) is 0 Å². The summed E-state index contributed by atoms with van der Waals surface area (Å²) < 4.78 is 5.60. The average Bonchev–Trinajstić information content (AvgIpc) is 2.23. The Hall–Kier alpha value is -1.76. The Morgan fingerprint density at radius 2 is 1.71 bits per heavy atom. The fourth-order valence-corrected chi connectivity index (χ4v) is 1.18. The van der Waals surface area contributed by atoms with E-state index in [0.29, 0.717) is 0 Å². The molecule has 0 saturated heterocycles. The SMILES string of the molecule is Cc1[c]cc(Oc2ccccc2)cc1. The predicted molar refractivity (Wildman–Crippen MR) is 56.5 cm³/mol. The number of hydrogen-bond donors (Lipinski definition) is 0. The smallest absolute Gasteiger partial charge is 0.128 e. The van der Waals surface area contributed by atoms with Crippen LogP contribution in [0.5, 0.6) is 11.5 Å². The van der Waals surface area contributed by atoms with Gasteiger partial charge in [-0.15, -0.1) is 0 Å². The van der Waals surface area contributed by atoms with E-state index in [1.165, 1.54) is 0 Å². The molecule has 69 valence electrons. The highest BCUT2D eigenvalue weighted by molar-refractivity contribution is 5.31. The Labute approximate surface area is 84.0 Å². The molecule has 0 heterocycles. The van der Waals surface area contributed by atoms with Crippen molar-refractivity contribution in [3.05, 3.63) is 60.2 Å². The van der Waals surface area contributed by atoms with Gasteiger partial charge < -0.3 is 4.74 Å². The van der Waals surface area contributed by atoms with E-state index in [4.69, 9.17) is 4.74 Å². The van der Waals surface area contributed by atoms with E-state index in [1.54, 1.807) is 0 Å². The fraction of sp³-hybridized carbons (Fsp3) is 0.0769. The van der Waals surface area contributed by atoms with Crippen molar-refractivity contribution >= 4 is 0 Å². The van der Waals surface area contributed by atoms with Crippen LogP contribution in [0, 0.1) is 13.0 Å². The molecule has 0 aliphatic carbocycles. The average molecular weight is 183 g/mol. The minimum atomic E-state index is 0.821. The number of aryl methyl sites for hydroxylation is 1. The molecule has 0 spiro atoms. The van der Waals surface area contributed by atoms with Gasteiger partial charge in [0, 0.05) is 0 Å². The zero-order valence-corrected chi connectivity index (χ0v) is 8.03. The van der Waals surface area contributed by atoms with E-state index in [2.05, 4.69) is 6.07 Å². The molecule has 2 aromatic carbocycles. The van der Waals surface area contributed by atoms with Gasteiger partial charge in [-0.2, -0.15) is 0 Å². The first kappa shape index (κ1) is 8.82. The molecular formula is C13H11O. The first-order chi connectivity index (χ1) is 6.84. The molecule has 1 radical (unpaired) electrons. The molecule has 1 heteroatoms. The molecule has 14 heavy (non-hydrogen) atoms. The maximum Gasteiger partial charge on any atom is 0.128 e. The van der Waals surface area contributed by atoms with Crippen molar-refractivity contribution < 1.29 is 4.74 Å². The second kappa shape index (κ2) is 3.97. The van der Waals surface area contributed by atoms with Gasteiger partial charge in [-0.25, -0.2) is 0 Å². The number of benzene rings is 2. The first-order valence-corrected chi connectivity index (χ1v) is 4.56. The third-order valence-corrected chi connectivity index (χ3v) is 1.92. The van der Waals surface area contributed by atoms with Crippen LogP contribution >= 0.6 is 0 Å². The van der Waals surface area contributed by atoms with Crippen LogP contribution in [-0.4, -0.2) is 0 Å². The summed E-state index contributed by atoms with van der Waals surface area (Å²) in [4.78, 5) is 0. The monoisotopic (exact) mass is 183 g/mol. The molecule has 0 atom stereocenters. The summed E-state index contributed by atoms with van der Waals surface area (Å²) in [6.07, 6.45) is 0. The van der Waals surface area contributed by atoms with Gasteiger partial charge in [-0.1, -0.05) is 24.3 Å². The van der Waals surface area contributed by atoms with Crippen LogP contribution in [0.4, 0.5) is 0 Å². The van der Waals surface area contributed by atoms with Gasteiger partial charge in [0.05, 0.1) is 0 Å². The molecule has 0 aromatic heterocycles. The standard InChI is InChI=1S/C13H11O/c1-11-7-9-13(10-8-11)14-12-5-3-2-4-6-12/h2-7,9-10H,1H3. The van der Waals surface area contributed by atoms with Crippen molar-refractivity contribution in [3.63, 3.8) is 0 Å². The number of ether oxygens (including phenoxy) is 1. The number of hydrogen-bond acceptors (Lipinski definition) is 1. The van der Waals surface area contributed by atoms with E-state index in [9.17, 15) is 0 Å². The van der Waals surface area contributed by atoms with E-state index in [-0.39, 0.29) is 0 Å². The molecule has 2 rings (SSSR count). The molecule has 0 amide bonds. The second-order valence-corrected chi connectivity index (χ2v) is 3.12.